The molecule has 8 nitrogen and oxygen atoms in total. The fourth-order valence-corrected chi connectivity index (χ4v) is 3.75. The smallest absolute Gasteiger partial charge is 0.346 e. The van der Waals surface area contributed by atoms with Gasteiger partial charge in [0.05, 0.1) is 31.3 Å². The van der Waals surface area contributed by atoms with Crippen molar-refractivity contribution in [2.75, 3.05) is 14.2 Å². The molecule has 0 fully saturated rings. The number of halogens is 2. The molecule has 3 aromatic rings. The molecule has 0 N–H and O–H groups in total. The highest BCUT2D eigenvalue weighted by atomic mass is 79.9. The predicted molar refractivity (Wildman–Crippen MR) is 131 cm³/mol. The van der Waals surface area contributed by atoms with Gasteiger partial charge in [0, 0.05) is 27.5 Å². The summed E-state index contributed by atoms with van der Waals surface area (Å²) in [6.45, 7) is 3.55. The molecule has 0 aliphatic carbocycles. The van der Waals surface area contributed by atoms with Crippen LogP contribution in [0.1, 0.15) is 31.7 Å². The van der Waals surface area contributed by atoms with Crippen LogP contribution in [0.4, 0.5) is 0 Å². The number of aryl methyl sites for hydroxylation is 1. The molecule has 0 unspecified atom stereocenters. The molecule has 2 aromatic carbocycles. The second-order valence-corrected chi connectivity index (χ2v) is 8.46. The minimum atomic E-state index is -0.907. The van der Waals surface area contributed by atoms with E-state index in [9.17, 15) is 9.59 Å². The van der Waals surface area contributed by atoms with Crippen molar-refractivity contribution < 1.29 is 19.0 Å². The molecule has 10 heteroatoms. The fourth-order valence-electron chi connectivity index (χ4n) is 3.17. The van der Waals surface area contributed by atoms with Crippen molar-refractivity contribution in [1.82, 2.24) is 9.66 Å². The number of carbonyl (C=O) groups is 1. The lowest BCUT2D eigenvalue weighted by atomic mass is 10.2. The Kier molecular flexibility index (Phi) is 8.10. The van der Waals surface area contributed by atoms with Gasteiger partial charge < -0.3 is 14.2 Å². The summed E-state index contributed by atoms with van der Waals surface area (Å²) in [5, 5.41) is 5.21. The lowest BCUT2D eigenvalue weighted by Gasteiger charge is -2.17. The zero-order chi connectivity index (χ0) is 24.1. The maximum atomic E-state index is 13.2. The van der Waals surface area contributed by atoms with Crippen LogP contribution in [0.3, 0.4) is 0 Å². The molecule has 0 saturated heterocycles. The molecule has 0 aliphatic rings. The normalized spacial score (nSPS) is 12.2. The van der Waals surface area contributed by atoms with Gasteiger partial charge in [-0.1, -0.05) is 34.5 Å². The van der Waals surface area contributed by atoms with Gasteiger partial charge in [0.2, 0.25) is 0 Å². The molecule has 0 radical (unpaired) electrons. The summed E-state index contributed by atoms with van der Waals surface area (Å²) in [6, 6.07) is 8.49. The van der Waals surface area contributed by atoms with Crippen molar-refractivity contribution in [3.63, 3.8) is 0 Å². The maximum Gasteiger partial charge on any atom is 0.346 e. The van der Waals surface area contributed by atoms with Gasteiger partial charge in [0.25, 0.3) is 5.56 Å². The number of ether oxygens (including phenoxy) is 3. The van der Waals surface area contributed by atoms with Crippen molar-refractivity contribution in [3.8, 4) is 11.5 Å². The van der Waals surface area contributed by atoms with Gasteiger partial charge in [0.1, 0.15) is 5.82 Å². The van der Waals surface area contributed by atoms with E-state index < -0.39 is 12.1 Å². The number of nitrogens with zero attached hydrogens (tertiary/aromatic N) is 3. The number of hydrogen-bond donors (Lipinski definition) is 0. The van der Waals surface area contributed by atoms with Gasteiger partial charge in [-0.25, -0.2) is 9.78 Å². The summed E-state index contributed by atoms with van der Waals surface area (Å²) in [5.74, 6) is 0.514. The van der Waals surface area contributed by atoms with Crippen molar-refractivity contribution in [3.05, 3.63) is 61.6 Å². The Balaban J connectivity index is 2.15. The Bertz CT molecular complexity index is 1280. The van der Waals surface area contributed by atoms with Crippen LogP contribution >= 0.6 is 27.5 Å². The predicted octanol–water partition coefficient (Wildman–Crippen LogP) is 4.60. The zero-order valence-electron chi connectivity index (χ0n) is 18.6. The van der Waals surface area contributed by atoms with E-state index in [-0.39, 0.29) is 11.3 Å². The number of carbonyl (C=O) groups excluding carboxylic acids is 1. The van der Waals surface area contributed by atoms with Crippen molar-refractivity contribution in [2.45, 2.75) is 32.8 Å². The molecule has 3 rings (SSSR count). The lowest BCUT2D eigenvalue weighted by Crippen LogP contribution is -2.25. The second-order valence-electron chi connectivity index (χ2n) is 7.11. The third-order valence-electron chi connectivity index (χ3n) is 4.76. The third kappa shape index (κ3) is 5.54. The number of benzene rings is 2. The number of esters is 1. The molecule has 0 bridgehead atoms. The Morgan fingerprint density at radius 3 is 2.73 bits per heavy atom. The van der Waals surface area contributed by atoms with Crippen molar-refractivity contribution in [2.24, 2.45) is 5.10 Å². The molecule has 0 spiro atoms. The van der Waals surface area contributed by atoms with E-state index in [1.54, 1.807) is 31.2 Å². The monoisotopic (exact) mass is 535 g/mol. The van der Waals surface area contributed by atoms with Crippen LogP contribution in [-0.2, 0) is 16.0 Å². The Hall–Kier alpha value is -2.91. The van der Waals surface area contributed by atoms with Crippen molar-refractivity contribution in [1.29, 1.82) is 0 Å². The summed E-state index contributed by atoms with van der Waals surface area (Å²) in [6.07, 6.45) is 1.86. The van der Waals surface area contributed by atoms with Crippen LogP contribution in [0.5, 0.6) is 11.5 Å². The first kappa shape index (κ1) is 24.7. The summed E-state index contributed by atoms with van der Waals surface area (Å²) < 4.78 is 17.9. The van der Waals surface area contributed by atoms with Gasteiger partial charge in [-0.15, -0.1) is 0 Å². The van der Waals surface area contributed by atoms with E-state index >= 15 is 0 Å². The average Bonchev–Trinajstić information content (AvgIpc) is 2.80. The quantitative estimate of drug-likeness (QED) is 0.309. The van der Waals surface area contributed by atoms with Crippen molar-refractivity contribution >= 4 is 50.6 Å². The highest BCUT2D eigenvalue weighted by Crippen LogP contribution is 2.34. The molecule has 1 atom stereocenters. The first-order valence-corrected chi connectivity index (χ1v) is 11.3. The summed E-state index contributed by atoms with van der Waals surface area (Å²) in [4.78, 5) is 29.7. The molecule has 1 aromatic heterocycles. The third-order valence-corrected chi connectivity index (χ3v) is 5.47. The van der Waals surface area contributed by atoms with Crippen LogP contribution in [0, 0.1) is 0 Å². The molecular weight excluding hydrogens is 514 g/mol. The molecule has 0 amide bonds. The highest BCUT2D eigenvalue weighted by molar-refractivity contribution is 9.10. The Morgan fingerprint density at radius 2 is 2.06 bits per heavy atom. The molecule has 1 heterocycles. The zero-order valence-corrected chi connectivity index (χ0v) is 20.9. The van der Waals surface area contributed by atoms with Crippen LogP contribution in [0.2, 0.25) is 5.02 Å². The molecule has 0 saturated carbocycles. The number of fused-ring (bicyclic) bond motifs is 1. The second kappa shape index (κ2) is 10.8. The Labute approximate surface area is 204 Å². The first-order valence-electron chi connectivity index (χ1n) is 10.2. The number of aromatic nitrogens is 2. The first-order chi connectivity index (χ1) is 15.8. The molecule has 33 heavy (non-hydrogen) atoms. The summed E-state index contributed by atoms with van der Waals surface area (Å²) in [5.41, 5.74) is 0.706. The maximum absolute atomic E-state index is 13.2. The summed E-state index contributed by atoms with van der Waals surface area (Å²) in [7, 11) is 2.73. The van der Waals surface area contributed by atoms with Gasteiger partial charge in [0.15, 0.2) is 17.6 Å². The topological polar surface area (TPSA) is 92.0 Å². The van der Waals surface area contributed by atoms with E-state index in [1.807, 2.05) is 13.0 Å². The van der Waals surface area contributed by atoms with E-state index in [0.717, 1.165) is 10.9 Å². The SMILES string of the molecule is CCCc1nc2ccc(Br)cc2c(=O)n1N=Cc1cc(Cl)cc(OC)c1O[C@@H](C)C(=O)OC. The summed E-state index contributed by atoms with van der Waals surface area (Å²) >= 11 is 9.63. The van der Waals surface area contributed by atoms with E-state index in [2.05, 4.69) is 26.0 Å². The van der Waals surface area contributed by atoms with Gasteiger partial charge >= 0.3 is 5.97 Å². The lowest BCUT2D eigenvalue weighted by molar-refractivity contribution is -0.147. The van der Waals surface area contributed by atoms with E-state index in [1.165, 1.54) is 25.1 Å². The van der Waals surface area contributed by atoms with Gasteiger partial charge in [-0.05, 0) is 37.6 Å². The standard InChI is InChI=1S/C23H23BrClN3O5/c1-5-6-20-27-18-8-7-15(24)10-17(18)22(29)28(20)26-12-14-9-16(25)11-19(31-3)21(14)33-13(2)23(30)32-4/h7-13H,5-6H2,1-4H3/t13-/m0/s1. The van der Waals surface area contributed by atoms with Crippen LogP contribution in [0.15, 0.2) is 44.7 Å². The van der Waals surface area contributed by atoms with E-state index in [4.69, 9.17) is 25.8 Å². The van der Waals surface area contributed by atoms with Crippen LogP contribution in [0.25, 0.3) is 10.9 Å². The number of rotatable bonds is 8. The Morgan fingerprint density at radius 1 is 1.30 bits per heavy atom. The number of hydrogen-bond acceptors (Lipinski definition) is 7. The van der Waals surface area contributed by atoms with E-state index in [0.29, 0.717) is 39.5 Å². The molecule has 0 aliphatic heterocycles. The minimum absolute atomic E-state index is 0.241. The number of methoxy groups -OCH3 is 2. The molecule has 174 valence electrons. The van der Waals surface area contributed by atoms with Crippen LogP contribution < -0.4 is 15.0 Å². The van der Waals surface area contributed by atoms with Gasteiger partial charge in [-0.2, -0.15) is 9.78 Å². The molecular formula is C23H23BrClN3O5. The average molecular weight is 537 g/mol. The van der Waals surface area contributed by atoms with Gasteiger partial charge in [-0.3, -0.25) is 4.79 Å². The van der Waals surface area contributed by atoms with Crippen LogP contribution in [-0.4, -0.2) is 42.2 Å². The minimum Gasteiger partial charge on any atom is -0.493 e. The highest BCUT2D eigenvalue weighted by Gasteiger charge is 2.20. The fraction of sp³-hybridized carbons (Fsp3) is 0.304. The largest absolute Gasteiger partial charge is 0.493 e.